The van der Waals surface area contributed by atoms with Crippen molar-refractivity contribution in [3.05, 3.63) is 40.4 Å². The van der Waals surface area contributed by atoms with Crippen molar-refractivity contribution in [3.63, 3.8) is 0 Å². The van der Waals surface area contributed by atoms with Gasteiger partial charge in [-0.1, -0.05) is 47.3 Å². The summed E-state index contributed by atoms with van der Waals surface area (Å²) in [5, 5.41) is 5.38. The fourth-order valence-electron chi connectivity index (χ4n) is 3.40. The molecule has 1 saturated carbocycles. The normalized spacial score (nSPS) is 15.6. The van der Waals surface area contributed by atoms with Crippen molar-refractivity contribution in [3.8, 4) is 5.75 Å². The van der Waals surface area contributed by atoms with Gasteiger partial charge in [-0.2, -0.15) is 0 Å². The molecule has 1 aliphatic rings. The lowest BCUT2D eigenvalue weighted by molar-refractivity contribution is -0.121. The topological polar surface area (TPSA) is 38.3 Å². The number of nitrogens with one attached hydrogen (secondary N) is 1. The minimum absolute atomic E-state index is 0.0885. The third kappa shape index (κ3) is 3.86. The number of hydrogen-bond donors (Lipinski definition) is 1. The zero-order chi connectivity index (χ0) is 16.2. The van der Waals surface area contributed by atoms with Crippen molar-refractivity contribution in [2.24, 2.45) is 0 Å². The molecule has 0 bridgehead atoms. The number of rotatable bonds is 4. The quantitative estimate of drug-likeness (QED) is 0.847. The van der Waals surface area contributed by atoms with E-state index < -0.39 is 0 Å². The van der Waals surface area contributed by atoms with E-state index in [9.17, 15) is 4.79 Å². The van der Waals surface area contributed by atoms with Gasteiger partial charge in [-0.25, -0.2) is 0 Å². The second-order valence-corrected chi connectivity index (χ2v) is 7.11. The van der Waals surface area contributed by atoms with Crippen molar-refractivity contribution >= 4 is 32.6 Å². The second kappa shape index (κ2) is 7.35. The molecule has 1 amide bonds. The number of amides is 1. The summed E-state index contributed by atoms with van der Waals surface area (Å²) in [6, 6.07) is 10.4. The van der Waals surface area contributed by atoms with Gasteiger partial charge in [0.15, 0.2) is 0 Å². The molecule has 122 valence electrons. The van der Waals surface area contributed by atoms with Gasteiger partial charge in [0.1, 0.15) is 5.75 Å². The van der Waals surface area contributed by atoms with Crippen LogP contribution in [0.3, 0.4) is 0 Å². The maximum atomic E-state index is 12.5. The van der Waals surface area contributed by atoms with Gasteiger partial charge < -0.3 is 10.1 Å². The molecule has 0 aliphatic heterocycles. The summed E-state index contributed by atoms with van der Waals surface area (Å²) >= 11 is 3.50. The van der Waals surface area contributed by atoms with Gasteiger partial charge in [-0.15, -0.1) is 0 Å². The van der Waals surface area contributed by atoms with Crippen LogP contribution in [0.1, 0.15) is 37.7 Å². The molecule has 1 N–H and O–H groups in total. The molecule has 0 spiro atoms. The van der Waals surface area contributed by atoms with Gasteiger partial charge >= 0.3 is 0 Å². The monoisotopic (exact) mass is 375 g/mol. The molecular formula is C19H22BrNO2. The summed E-state index contributed by atoms with van der Waals surface area (Å²) in [6.07, 6.45) is 6.29. The van der Waals surface area contributed by atoms with Gasteiger partial charge in [0.25, 0.3) is 0 Å². The van der Waals surface area contributed by atoms with Crippen LogP contribution >= 0.6 is 15.9 Å². The minimum atomic E-state index is 0.0885. The molecule has 1 aliphatic carbocycles. The molecule has 1 fully saturated rings. The van der Waals surface area contributed by atoms with Crippen LogP contribution in [-0.4, -0.2) is 19.1 Å². The number of carbonyl (C=O) groups is 1. The van der Waals surface area contributed by atoms with Gasteiger partial charge in [0, 0.05) is 16.1 Å². The van der Waals surface area contributed by atoms with Gasteiger partial charge in [-0.05, 0) is 41.8 Å². The molecule has 0 aromatic heterocycles. The molecular weight excluding hydrogens is 354 g/mol. The largest absolute Gasteiger partial charge is 0.496 e. The first-order valence-electron chi connectivity index (χ1n) is 8.22. The molecule has 2 aromatic carbocycles. The summed E-state index contributed by atoms with van der Waals surface area (Å²) in [5.41, 5.74) is 0.964. The Morgan fingerprint density at radius 1 is 1.22 bits per heavy atom. The Hall–Kier alpha value is -1.55. The summed E-state index contributed by atoms with van der Waals surface area (Å²) < 4.78 is 6.52. The maximum Gasteiger partial charge on any atom is 0.224 e. The lowest BCUT2D eigenvalue weighted by atomic mass is 9.95. The molecule has 2 aromatic rings. The van der Waals surface area contributed by atoms with Crippen LogP contribution in [-0.2, 0) is 11.2 Å². The molecule has 0 saturated heterocycles. The first-order chi connectivity index (χ1) is 11.2. The van der Waals surface area contributed by atoms with Crippen molar-refractivity contribution in [2.45, 2.75) is 44.6 Å². The highest BCUT2D eigenvalue weighted by Crippen LogP contribution is 2.30. The number of benzene rings is 2. The van der Waals surface area contributed by atoms with E-state index in [0.717, 1.165) is 39.4 Å². The van der Waals surface area contributed by atoms with Crippen LogP contribution in [0, 0.1) is 0 Å². The number of fused-ring (bicyclic) bond motifs is 1. The molecule has 4 heteroatoms. The molecule has 0 atom stereocenters. The first-order valence-corrected chi connectivity index (χ1v) is 9.01. The third-order valence-corrected chi connectivity index (χ3v) is 5.07. The highest BCUT2D eigenvalue weighted by Gasteiger charge is 2.18. The summed E-state index contributed by atoms with van der Waals surface area (Å²) in [7, 11) is 1.66. The third-order valence-electron chi connectivity index (χ3n) is 4.58. The fourth-order valence-corrected chi connectivity index (χ4v) is 3.78. The summed E-state index contributed by atoms with van der Waals surface area (Å²) in [5.74, 6) is 0.865. The van der Waals surface area contributed by atoms with Gasteiger partial charge in [0.2, 0.25) is 5.91 Å². The lowest BCUT2D eigenvalue weighted by Crippen LogP contribution is -2.37. The van der Waals surface area contributed by atoms with Crippen LogP contribution in [0.15, 0.2) is 34.8 Å². The average molecular weight is 376 g/mol. The van der Waals surface area contributed by atoms with Gasteiger partial charge in [0.05, 0.1) is 13.5 Å². The predicted molar refractivity (Wildman–Crippen MR) is 96.9 cm³/mol. The fraction of sp³-hybridized carbons (Fsp3) is 0.421. The van der Waals surface area contributed by atoms with E-state index in [0.29, 0.717) is 12.5 Å². The van der Waals surface area contributed by atoms with Crippen molar-refractivity contribution in [1.82, 2.24) is 5.32 Å². The minimum Gasteiger partial charge on any atom is -0.496 e. The Bertz CT molecular complexity index is 708. The van der Waals surface area contributed by atoms with Gasteiger partial charge in [-0.3, -0.25) is 4.79 Å². The summed E-state index contributed by atoms with van der Waals surface area (Å²) in [6.45, 7) is 0. The number of halogens is 1. The van der Waals surface area contributed by atoms with E-state index >= 15 is 0 Å². The van der Waals surface area contributed by atoms with Crippen LogP contribution in [0.5, 0.6) is 5.75 Å². The van der Waals surface area contributed by atoms with Crippen LogP contribution < -0.4 is 10.1 Å². The average Bonchev–Trinajstić information content (AvgIpc) is 2.55. The van der Waals surface area contributed by atoms with Crippen molar-refractivity contribution in [2.75, 3.05) is 7.11 Å². The number of methoxy groups -OCH3 is 1. The van der Waals surface area contributed by atoms with E-state index in [1.165, 1.54) is 19.3 Å². The van der Waals surface area contributed by atoms with E-state index in [1.807, 2.05) is 24.3 Å². The Morgan fingerprint density at radius 3 is 2.74 bits per heavy atom. The van der Waals surface area contributed by atoms with Crippen molar-refractivity contribution in [1.29, 1.82) is 0 Å². The summed E-state index contributed by atoms with van der Waals surface area (Å²) in [4.78, 5) is 12.5. The molecule has 3 rings (SSSR count). The van der Waals surface area contributed by atoms with E-state index in [2.05, 4.69) is 27.3 Å². The number of ether oxygens (including phenoxy) is 1. The van der Waals surface area contributed by atoms with Crippen LogP contribution in [0.2, 0.25) is 0 Å². The lowest BCUT2D eigenvalue weighted by Gasteiger charge is -2.23. The zero-order valence-electron chi connectivity index (χ0n) is 13.4. The molecule has 0 radical (unpaired) electrons. The standard InChI is InChI=1S/C19H22BrNO2/c1-23-18-10-7-13-11-14(20)8-9-16(13)17(18)12-19(22)21-15-5-3-2-4-6-15/h7-11,15H,2-6,12H2,1H3,(H,21,22). The Balaban J connectivity index is 1.84. The van der Waals surface area contributed by atoms with E-state index in [-0.39, 0.29) is 5.91 Å². The van der Waals surface area contributed by atoms with Crippen LogP contribution in [0.25, 0.3) is 10.8 Å². The Morgan fingerprint density at radius 2 is 2.00 bits per heavy atom. The SMILES string of the molecule is COc1ccc2cc(Br)ccc2c1CC(=O)NC1CCCCC1. The molecule has 0 unspecified atom stereocenters. The Kier molecular flexibility index (Phi) is 5.21. The number of hydrogen-bond acceptors (Lipinski definition) is 2. The van der Waals surface area contributed by atoms with E-state index in [1.54, 1.807) is 7.11 Å². The molecule has 23 heavy (non-hydrogen) atoms. The van der Waals surface area contributed by atoms with Crippen molar-refractivity contribution < 1.29 is 9.53 Å². The second-order valence-electron chi connectivity index (χ2n) is 6.19. The first kappa shape index (κ1) is 16.3. The predicted octanol–water partition coefficient (Wildman–Crippen LogP) is 4.60. The Labute approximate surface area is 145 Å². The molecule has 3 nitrogen and oxygen atoms in total. The maximum absolute atomic E-state index is 12.5. The molecule has 0 heterocycles. The zero-order valence-corrected chi connectivity index (χ0v) is 15.0. The highest BCUT2D eigenvalue weighted by atomic mass is 79.9. The van der Waals surface area contributed by atoms with Crippen LogP contribution in [0.4, 0.5) is 0 Å². The van der Waals surface area contributed by atoms with E-state index in [4.69, 9.17) is 4.74 Å². The smallest absolute Gasteiger partial charge is 0.224 e. The number of carbonyl (C=O) groups excluding carboxylic acids is 1. The highest BCUT2D eigenvalue weighted by molar-refractivity contribution is 9.10.